The van der Waals surface area contributed by atoms with Gasteiger partial charge in [0.15, 0.2) is 0 Å². The minimum absolute atomic E-state index is 0.355. The van der Waals surface area contributed by atoms with Gasteiger partial charge in [0.2, 0.25) is 0 Å². The average molecular weight is 283 g/mol. The summed E-state index contributed by atoms with van der Waals surface area (Å²) in [5.41, 5.74) is -0.0365. The summed E-state index contributed by atoms with van der Waals surface area (Å²) in [5.74, 6) is -0.708. The zero-order valence-electron chi connectivity index (χ0n) is 12.2. The second-order valence-electron chi connectivity index (χ2n) is 4.90. The van der Waals surface area contributed by atoms with E-state index in [-0.39, 0.29) is 5.82 Å². The van der Waals surface area contributed by atoms with Crippen LogP contribution in [0.15, 0.2) is 18.2 Å². The van der Waals surface area contributed by atoms with Gasteiger partial charge < -0.3 is 15.2 Å². The first kappa shape index (κ1) is 16.4. The highest BCUT2D eigenvalue weighted by molar-refractivity contribution is 5.74. The van der Waals surface area contributed by atoms with E-state index in [0.717, 1.165) is 5.56 Å². The van der Waals surface area contributed by atoms with Gasteiger partial charge in [0, 0.05) is 19.2 Å². The first-order chi connectivity index (χ1) is 9.47. The third-order valence-electron chi connectivity index (χ3n) is 3.77. The van der Waals surface area contributed by atoms with Crippen LogP contribution in [0.5, 0.6) is 5.75 Å². The number of nitrogens with one attached hydrogen (secondary N) is 1. The topological polar surface area (TPSA) is 58.6 Å². The molecular formula is C15H22FNO3. The highest BCUT2D eigenvalue weighted by Gasteiger charge is 2.34. The summed E-state index contributed by atoms with van der Waals surface area (Å²) in [4.78, 5) is 11.4. The van der Waals surface area contributed by atoms with Crippen molar-refractivity contribution in [2.45, 2.75) is 33.2 Å². The van der Waals surface area contributed by atoms with E-state index >= 15 is 0 Å². The first-order valence-electron chi connectivity index (χ1n) is 6.75. The lowest BCUT2D eigenvalue weighted by Crippen LogP contribution is -2.40. The number of halogens is 1. The molecule has 0 saturated carbocycles. The quantitative estimate of drug-likeness (QED) is 0.770. The molecule has 0 fully saturated rings. The van der Waals surface area contributed by atoms with Crippen molar-refractivity contribution in [2.24, 2.45) is 5.41 Å². The maximum Gasteiger partial charge on any atom is 0.310 e. The number of rotatable bonds is 8. The fourth-order valence-corrected chi connectivity index (χ4v) is 2.16. The summed E-state index contributed by atoms with van der Waals surface area (Å²) in [6, 6.07) is 4.45. The molecule has 0 aliphatic rings. The summed E-state index contributed by atoms with van der Waals surface area (Å²) < 4.78 is 18.3. The first-order valence-corrected chi connectivity index (χ1v) is 6.75. The summed E-state index contributed by atoms with van der Waals surface area (Å²) in [7, 11) is 1.48. The van der Waals surface area contributed by atoms with Gasteiger partial charge in [0.25, 0.3) is 0 Å². The molecule has 1 aromatic rings. The Balaban J connectivity index is 2.68. The Morgan fingerprint density at radius 2 is 2.00 bits per heavy atom. The maximum absolute atomic E-state index is 13.3. The standard InChI is InChI=1S/C15H22FNO3/c1-4-15(5-2,14(18)19)10-17-9-11-6-12(16)8-13(7-11)20-3/h6-8,17H,4-5,9-10H2,1-3H3,(H,18,19). The lowest BCUT2D eigenvalue weighted by atomic mass is 9.82. The smallest absolute Gasteiger partial charge is 0.310 e. The fraction of sp³-hybridized carbons (Fsp3) is 0.533. The minimum Gasteiger partial charge on any atom is -0.497 e. The van der Waals surface area contributed by atoms with Gasteiger partial charge in [0.1, 0.15) is 11.6 Å². The summed E-state index contributed by atoms with van der Waals surface area (Å²) in [6.07, 6.45) is 1.11. The molecule has 2 N–H and O–H groups in total. The number of hydrogen-bond acceptors (Lipinski definition) is 3. The molecule has 0 aromatic heterocycles. The molecule has 0 aliphatic heterocycles. The summed E-state index contributed by atoms with van der Waals surface area (Å²) in [5, 5.41) is 12.4. The van der Waals surface area contributed by atoms with E-state index in [1.54, 1.807) is 6.07 Å². The van der Waals surface area contributed by atoms with Crippen LogP contribution in [0.25, 0.3) is 0 Å². The lowest BCUT2D eigenvalue weighted by Gasteiger charge is -2.27. The van der Waals surface area contributed by atoms with Crippen LogP contribution in [0.3, 0.4) is 0 Å². The van der Waals surface area contributed by atoms with Gasteiger partial charge in [-0.1, -0.05) is 13.8 Å². The molecule has 0 spiro atoms. The molecule has 20 heavy (non-hydrogen) atoms. The second-order valence-corrected chi connectivity index (χ2v) is 4.90. The Morgan fingerprint density at radius 1 is 1.35 bits per heavy atom. The van der Waals surface area contributed by atoms with Crippen molar-refractivity contribution in [1.82, 2.24) is 5.32 Å². The number of hydrogen-bond donors (Lipinski definition) is 2. The maximum atomic E-state index is 13.3. The molecule has 112 valence electrons. The van der Waals surface area contributed by atoms with Crippen molar-refractivity contribution < 1.29 is 19.0 Å². The number of benzene rings is 1. The zero-order valence-corrected chi connectivity index (χ0v) is 12.2. The molecule has 5 heteroatoms. The SMILES string of the molecule is CCC(CC)(CNCc1cc(F)cc(OC)c1)C(=O)O. The van der Waals surface area contributed by atoms with Crippen LogP contribution in [0.4, 0.5) is 4.39 Å². The molecule has 1 rings (SSSR count). The molecular weight excluding hydrogens is 261 g/mol. The average Bonchev–Trinajstić information content (AvgIpc) is 2.43. The normalized spacial score (nSPS) is 11.4. The van der Waals surface area contributed by atoms with E-state index in [2.05, 4.69) is 5.32 Å². The molecule has 0 heterocycles. The molecule has 0 atom stereocenters. The van der Waals surface area contributed by atoms with Crippen LogP contribution in [0.2, 0.25) is 0 Å². The van der Waals surface area contributed by atoms with E-state index in [0.29, 0.717) is 31.7 Å². The Hall–Kier alpha value is -1.62. The second kappa shape index (κ2) is 7.24. The molecule has 1 aromatic carbocycles. The van der Waals surface area contributed by atoms with E-state index in [9.17, 15) is 14.3 Å². The van der Waals surface area contributed by atoms with Gasteiger partial charge in [-0.2, -0.15) is 0 Å². The predicted molar refractivity (Wildman–Crippen MR) is 75.3 cm³/mol. The number of carbonyl (C=O) groups is 1. The highest BCUT2D eigenvalue weighted by Crippen LogP contribution is 2.26. The van der Waals surface area contributed by atoms with Crippen LogP contribution in [0, 0.1) is 11.2 Å². The number of aliphatic carboxylic acids is 1. The minimum atomic E-state index is -0.799. The monoisotopic (exact) mass is 283 g/mol. The van der Waals surface area contributed by atoms with Gasteiger partial charge in [-0.05, 0) is 30.5 Å². The van der Waals surface area contributed by atoms with Crippen molar-refractivity contribution >= 4 is 5.97 Å². The fourth-order valence-electron chi connectivity index (χ4n) is 2.16. The van der Waals surface area contributed by atoms with Gasteiger partial charge in [-0.25, -0.2) is 4.39 Å². The van der Waals surface area contributed by atoms with Crippen LogP contribution in [-0.4, -0.2) is 24.7 Å². The Kier molecular flexibility index (Phi) is 5.95. The van der Waals surface area contributed by atoms with E-state index < -0.39 is 11.4 Å². The zero-order chi connectivity index (χ0) is 15.2. The van der Waals surface area contributed by atoms with Crippen LogP contribution >= 0.6 is 0 Å². The molecule has 0 bridgehead atoms. The van der Waals surface area contributed by atoms with Crippen LogP contribution < -0.4 is 10.1 Å². The summed E-state index contributed by atoms with van der Waals surface area (Å²) >= 11 is 0. The van der Waals surface area contributed by atoms with E-state index in [1.165, 1.54) is 19.2 Å². The van der Waals surface area contributed by atoms with Gasteiger partial charge in [0.05, 0.1) is 12.5 Å². The Morgan fingerprint density at radius 3 is 2.50 bits per heavy atom. The third-order valence-corrected chi connectivity index (χ3v) is 3.77. The number of carboxylic acid groups (broad SMARTS) is 1. The van der Waals surface area contributed by atoms with Crippen molar-refractivity contribution in [2.75, 3.05) is 13.7 Å². The molecule has 0 radical (unpaired) electrons. The highest BCUT2D eigenvalue weighted by atomic mass is 19.1. The lowest BCUT2D eigenvalue weighted by molar-refractivity contribution is -0.149. The Labute approximate surface area is 119 Å². The molecule has 0 saturated heterocycles. The van der Waals surface area contributed by atoms with Crippen LogP contribution in [-0.2, 0) is 11.3 Å². The third kappa shape index (κ3) is 3.93. The number of carboxylic acids is 1. The van der Waals surface area contributed by atoms with Crippen molar-refractivity contribution in [1.29, 1.82) is 0 Å². The van der Waals surface area contributed by atoms with Crippen molar-refractivity contribution in [3.8, 4) is 5.75 Å². The molecule has 0 aliphatic carbocycles. The van der Waals surface area contributed by atoms with Crippen molar-refractivity contribution in [3.63, 3.8) is 0 Å². The van der Waals surface area contributed by atoms with Gasteiger partial charge in [-0.15, -0.1) is 0 Å². The molecule has 4 nitrogen and oxygen atoms in total. The van der Waals surface area contributed by atoms with Gasteiger partial charge >= 0.3 is 5.97 Å². The molecule has 0 unspecified atom stereocenters. The van der Waals surface area contributed by atoms with E-state index in [1.807, 2.05) is 13.8 Å². The largest absolute Gasteiger partial charge is 0.497 e. The number of ether oxygens (including phenoxy) is 1. The van der Waals surface area contributed by atoms with E-state index in [4.69, 9.17) is 4.74 Å². The predicted octanol–water partition coefficient (Wildman–Crippen LogP) is 2.81. The molecule has 0 amide bonds. The number of methoxy groups -OCH3 is 1. The van der Waals surface area contributed by atoms with Crippen LogP contribution in [0.1, 0.15) is 32.3 Å². The summed E-state index contributed by atoms with van der Waals surface area (Å²) in [6.45, 7) is 4.49. The van der Waals surface area contributed by atoms with Gasteiger partial charge in [-0.3, -0.25) is 4.79 Å². The Bertz CT molecular complexity index is 458. The van der Waals surface area contributed by atoms with Crippen molar-refractivity contribution in [3.05, 3.63) is 29.6 Å².